The van der Waals surface area contributed by atoms with Crippen LogP contribution in [-0.2, 0) is 0 Å². The summed E-state index contributed by atoms with van der Waals surface area (Å²) < 4.78 is 24.0. The Morgan fingerprint density at radius 1 is 1.33 bits per heavy atom. The summed E-state index contributed by atoms with van der Waals surface area (Å²) in [6.07, 6.45) is 0. The van der Waals surface area contributed by atoms with Crippen LogP contribution in [0.5, 0.6) is 0 Å². The van der Waals surface area contributed by atoms with Crippen molar-refractivity contribution in [3.05, 3.63) is 0 Å². The molecular formula is H2ClKO4. The molecule has 0 bridgehead atoms. The van der Waals surface area contributed by atoms with Crippen LogP contribution in [0.4, 0.5) is 0 Å². The van der Waals surface area contributed by atoms with E-state index in [1.807, 2.05) is 0 Å². The van der Waals surface area contributed by atoms with Crippen molar-refractivity contribution in [1.82, 2.24) is 0 Å². The average Bonchev–Trinajstić information content (AvgIpc) is 0.811. The molecule has 2 N–H and O–H groups in total. The van der Waals surface area contributed by atoms with E-state index < -0.39 is 10.8 Å². The van der Waals surface area contributed by atoms with E-state index in [1.165, 1.54) is 0 Å². The summed E-state index contributed by atoms with van der Waals surface area (Å²) in [4.78, 5) is 0. The standard InChI is InChI=1S/ClHO3.K.H2O/c2-1(3)4;;/h2H;;1H2/q;+1;/p-1. The number of hydrogen-bond donors (Lipinski definition) is 1. The zero-order valence-corrected chi connectivity index (χ0v) is 6.97. The zero-order chi connectivity index (χ0) is 3.58. The third-order valence-electron chi connectivity index (χ3n) is 0. The fourth-order valence-corrected chi connectivity index (χ4v) is 0. The molecule has 0 radical (unpaired) electrons. The fraction of sp³-hybridized carbons (Fsp3) is 0. The van der Waals surface area contributed by atoms with Crippen LogP contribution < -0.4 is 60.7 Å². The van der Waals surface area contributed by atoms with Crippen molar-refractivity contribution in [2.24, 2.45) is 0 Å². The number of halogens is 1. The average molecular weight is 141 g/mol. The Hall–Kier alpha value is 1.77. The summed E-state index contributed by atoms with van der Waals surface area (Å²) >= 11 is 0. The van der Waals surface area contributed by atoms with Crippen LogP contribution in [0, 0.1) is 10.8 Å². The molecule has 0 aliphatic carbocycles. The largest absolute Gasteiger partial charge is 1.00 e. The van der Waals surface area contributed by atoms with Gasteiger partial charge in [-0.25, -0.2) is 0 Å². The maximum atomic E-state index is 8.52. The predicted octanol–water partition coefficient (Wildman–Crippen LogP) is -6.11. The van der Waals surface area contributed by atoms with Gasteiger partial charge in [0.15, 0.2) is 0 Å². The second kappa shape index (κ2) is 9.90. The van der Waals surface area contributed by atoms with E-state index in [0.29, 0.717) is 0 Å². The third kappa shape index (κ3) is 42.0. The van der Waals surface area contributed by atoms with Gasteiger partial charge in [-0.1, -0.05) is 0 Å². The minimum Gasteiger partial charge on any atom is -0.870 e. The molecule has 34 valence electrons. The SMILES string of the molecule is [K+].[O-][Cl+2]([O-])O.[OH-]. The van der Waals surface area contributed by atoms with Crippen molar-refractivity contribution in [3.8, 4) is 0 Å². The number of rotatable bonds is 0. The van der Waals surface area contributed by atoms with E-state index in [-0.39, 0.29) is 56.9 Å². The topological polar surface area (TPSA) is 96.3 Å². The molecule has 0 fully saturated rings. The van der Waals surface area contributed by atoms with Gasteiger partial charge >= 0.3 is 51.4 Å². The zero-order valence-electron chi connectivity index (χ0n) is 3.09. The summed E-state index contributed by atoms with van der Waals surface area (Å²) in [6, 6.07) is 0. The van der Waals surface area contributed by atoms with Crippen molar-refractivity contribution in [3.63, 3.8) is 0 Å². The smallest absolute Gasteiger partial charge is 0.870 e. The first-order valence-electron chi connectivity index (χ1n) is 0.478. The second-order valence-electron chi connectivity index (χ2n) is 0.201. The first-order chi connectivity index (χ1) is 1.73. The van der Waals surface area contributed by atoms with Gasteiger partial charge in [-0.3, -0.25) is 0 Å². The van der Waals surface area contributed by atoms with Gasteiger partial charge in [0.2, 0.25) is 0 Å². The minimum absolute atomic E-state index is 0. The van der Waals surface area contributed by atoms with Crippen LogP contribution in [0.15, 0.2) is 0 Å². The molecule has 0 aliphatic rings. The third-order valence-corrected chi connectivity index (χ3v) is 0. The van der Waals surface area contributed by atoms with Crippen LogP contribution in [0.1, 0.15) is 0 Å². The minimum atomic E-state index is -2.60. The van der Waals surface area contributed by atoms with Crippen LogP contribution in [0.2, 0.25) is 0 Å². The van der Waals surface area contributed by atoms with Crippen LogP contribution in [-0.4, -0.2) is 10.1 Å². The molecule has 6 heavy (non-hydrogen) atoms. The van der Waals surface area contributed by atoms with E-state index >= 15 is 0 Å². The molecule has 0 amide bonds. The Kier molecular flexibility index (Phi) is 25.8. The van der Waals surface area contributed by atoms with Gasteiger partial charge in [0, 0.05) is 4.66 Å². The molecule has 0 aromatic carbocycles. The monoisotopic (exact) mass is 140 g/mol. The Morgan fingerprint density at radius 3 is 1.33 bits per heavy atom. The van der Waals surface area contributed by atoms with Crippen LogP contribution in [0.25, 0.3) is 0 Å². The van der Waals surface area contributed by atoms with Gasteiger partial charge in [0.1, 0.15) is 0 Å². The molecule has 6 heteroatoms. The summed E-state index contributed by atoms with van der Waals surface area (Å²) in [6.45, 7) is 0. The molecule has 0 rings (SSSR count). The first kappa shape index (κ1) is 15.7. The molecule has 0 saturated carbocycles. The maximum Gasteiger partial charge on any atom is 1.00 e. The van der Waals surface area contributed by atoms with Crippen molar-refractivity contribution < 1.29 is 81.6 Å². The maximum absolute atomic E-state index is 8.52. The summed E-state index contributed by atoms with van der Waals surface area (Å²) in [5, 5.41) is 0. The fourth-order valence-electron chi connectivity index (χ4n) is 0. The molecule has 0 atom stereocenters. The van der Waals surface area contributed by atoms with E-state index in [1.54, 1.807) is 0 Å². The van der Waals surface area contributed by atoms with Crippen molar-refractivity contribution in [1.29, 1.82) is 0 Å². The van der Waals surface area contributed by atoms with E-state index in [2.05, 4.69) is 0 Å². The second-order valence-corrected chi connectivity index (χ2v) is 0.603. The Bertz CT molecular complexity index is 12.3. The first-order valence-corrected chi connectivity index (χ1v) is 1.43. The van der Waals surface area contributed by atoms with Gasteiger partial charge in [-0.05, 0) is 0 Å². The van der Waals surface area contributed by atoms with Crippen molar-refractivity contribution >= 4 is 0 Å². The quantitative estimate of drug-likeness (QED) is 0.339. The predicted molar refractivity (Wildman–Crippen MR) is 4.15 cm³/mol. The van der Waals surface area contributed by atoms with E-state index in [0.717, 1.165) is 0 Å². The Balaban J connectivity index is -0.0000000450. The molecule has 0 aromatic rings. The Labute approximate surface area is 80.3 Å². The van der Waals surface area contributed by atoms with Gasteiger partial charge in [0.05, 0.1) is 0 Å². The van der Waals surface area contributed by atoms with Crippen molar-refractivity contribution in [2.75, 3.05) is 0 Å². The van der Waals surface area contributed by atoms with E-state index in [4.69, 9.17) is 14.0 Å². The van der Waals surface area contributed by atoms with Crippen molar-refractivity contribution in [2.45, 2.75) is 0 Å². The normalized spacial score (nSPS) is 6.00. The molecule has 0 heterocycles. The molecule has 0 spiro atoms. The van der Waals surface area contributed by atoms with Crippen LogP contribution >= 0.6 is 0 Å². The van der Waals surface area contributed by atoms with E-state index in [9.17, 15) is 0 Å². The molecular weight excluding hydrogens is 139 g/mol. The van der Waals surface area contributed by atoms with Gasteiger partial charge in [-0.2, -0.15) is 0 Å². The van der Waals surface area contributed by atoms with Gasteiger partial charge in [-0.15, -0.1) is 0 Å². The van der Waals surface area contributed by atoms with Crippen LogP contribution in [0.3, 0.4) is 0 Å². The number of hydrogen-bond acceptors (Lipinski definition) is 4. The molecule has 4 nitrogen and oxygen atoms in total. The summed E-state index contributed by atoms with van der Waals surface area (Å²) in [7, 11) is -2.60. The van der Waals surface area contributed by atoms with Gasteiger partial charge in [0.25, 0.3) is 10.8 Å². The summed E-state index contributed by atoms with van der Waals surface area (Å²) in [5.74, 6) is 0. The molecule has 0 aliphatic heterocycles. The Morgan fingerprint density at radius 2 is 1.33 bits per heavy atom. The molecule has 0 saturated heterocycles. The molecule has 0 unspecified atom stereocenters. The molecule has 0 aromatic heterocycles. The summed E-state index contributed by atoms with van der Waals surface area (Å²) in [5.41, 5.74) is 0. The van der Waals surface area contributed by atoms with Gasteiger partial charge < -0.3 is 14.8 Å².